The van der Waals surface area contributed by atoms with Crippen molar-refractivity contribution < 1.29 is 19.1 Å². The van der Waals surface area contributed by atoms with Crippen LogP contribution in [0.5, 0.6) is 5.75 Å². The van der Waals surface area contributed by atoms with Gasteiger partial charge in [0.2, 0.25) is 0 Å². The monoisotopic (exact) mass is 241 g/mol. The molecular formula is C10H8ClNO4. The maximum atomic E-state index is 11.3. The van der Waals surface area contributed by atoms with Crippen LogP contribution in [0.15, 0.2) is 16.5 Å². The second kappa shape index (κ2) is 4.02. The lowest BCUT2D eigenvalue weighted by atomic mass is 10.3. The standard InChI is InChI=1S/C10H8ClNO4/c1-2-15-10(14)9-12-5-3-4-6(13)7(11)8(5)16-9/h3-4,13H,2H2,1H3. The zero-order chi connectivity index (χ0) is 11.7. The van der Waals surface area contributed by atoms with Gasteiger partial charge in [0.15, 0.2) is 5.58 Å². The summed E-state index contributed by atoms with van der Waals surface area (Å²) in [6, 6.07) is 2.88. The normalized spacial score (nSPS) is 10.6. The minimum Gasteiger partial charge on any atom is -0.506 e. The first-order valence-electron chi connectivity index (χ1n) is 4.58. The van der Waals surface area contributed by atoms with Crippen molar-refractivity contribution in [2.75, 3.05) is 6.61 Å². The van der Waals surface area contributed by atoms with E-state index in [0.29, 0.717) is 5.52 Å². The highest BCUT2D eigenvalue weighted by atomic mass is 35.5. The van der Waals surface area contributed by atoms with E-state index in [1.54, 1.807) is 6.92 Å². The van der Waals surface area contributed by atoms with E-state index in [0.717, 1.165) is 0 Å². The van der Waals surface area contributed by atoms with E-state index in [4.69, 9.17) is 20.8 Å². The quantitative estimate of drug-likeness (QED) is 0.817. The third kappa shape index (κ3) is 1.69. The fourth-order valence-corrected chi connectivity index (χ4v) is 1.43. The number of oxazole rings is 1. The number of hydrogen-bond acceptors (Lipinski definition) is 5. The molecule has 0 saturated carbocycles. The third-order valence-electron chi connectivity index (χ3n) is 1.93. The van der Waals surface area contributed by atoms with E-state index in [1.165, 1.54) is 12.1 Å². The van der Waals surface area contributed by atoms with Gasteiger partial charge in [-0.1, -0.05) is 11.6 Å². The molecule has 5 nitrogen and oxygen atoms in total. The average Bonchev–Trinajstić information content (AvgIpc) is 2.69. The summed E-state index contributed by atoms with van der Waals surface area (Å²) < 4.78 is 9.84. The van der Waals surface area contributed by atoms with Gasteiger partial charge in [0.1, 0.15) is 16.3 Å². The van der Waals surface area contributed by atoms with Crippen LogP contribution >= 0.6 is 11.6 Å². The smallest absolute Gasteiger partial charge is 0.394 e. The summed E-state index contributed by atoms with van der Waals surface area (Å²) in [6.45, 7) is 1.91. The van der Waals surface area contributed by atoms with Crippen LogP contribution in [0, 0.1) is 0 Å². The number of aromatic hydroxyl groups is 1. The number of esters is 1. The van der Waals surface area contributed by atoms with Crippen molar-refractivity contribution >= 4 is 28.7 Å². The van der Waals surface area contributed by atoms with E-state index in [2.05, 4.69) is 4.98 Å². The molecule has 0 aliphatic heterocycles. The molecule has 1 N–H and O–H groups in total. The molecule has 16 heavy (non-hydrogen) atoms. The Hall–Kier alpha value is -1.75. The number of ether oxygens (including phenoxy) is 1. The molecule has 6 heteroatoms. The van der Waals surface area contributed by atoms with Gasteiger partial charge in [0.05, 0.1) is 6.61 Å². The zero-order valence-electron chi connectivity index (χ0n) is 8.36. The first-order chi connectivity index (χ1) is 7.63. The maximum absolute atomic E-state index is 11.3. The van der Waals surface area contributed by atoms with Crippen LogP contribution in [0.4, 0.5) is 0 Å². The highest BCUT2D eigenvalue weighted by Crippen LogP contribution is 2.32. The maximum Gasteiger partial charge on any atom is 0.394 e. The Bertz CT molecular complexity index is 549. The van der Waals surface area contributed by atoms with Crippen molar-refractivity contribution in [2.24, 2.45) is 0 Å². The fourth-order valence-electron chi connectivity index (χ4n) is 1.23. The number of rotatable bonds is 2. The average molecular weight is 242 g/mol. The van der Waals surface area contributed by atoms with Crippen LogP contribution in [0.2, 0.25) is 5.02 Å². The molecule has 0 spiro atoms. The number of benzene rings is 1. The Morgan fingerprint density at radius 3 is 3.06 bits per heavy atom. The Morgan fingerprint density at radius 2 is 2.38 bits per heavy atom. The van der Waals surface area contributed by atoms with Crippen LogP contribution in [0.25, 0.3) is 11.1 Å². The molecule has 0 amide bonds. The summed E-state index contributed by atoms with van der Waals surface area (Å²) in [5.74, 6) is -0.959. The molecule has 1 heterocycles. The Morgan fingerprint density at radius 1 is 1.62 bits per heavy atom. The van der Waals surface area contributed by atoms with Gasteiger partial charge in [-0.2, -0.15) is 0 Å². The summed E-state index contributed by atoms with van der Waals surface area (Å²) in [7, 11) is 0. The molecular weight excluding hydrogens is 234 g/mol. The van der Waals surface area contributed by atoms with Crippen LogP contribution in [0.3, 0.4) is 0 Å². The van der Waals surface area contributed by atoms with E-state index < -0.39 is 5.97 Å². The summed E-state index contributed by atoms with van der Waals surface area (Å²) in [6.07, 6.45) is 0. The number of phenolic OH excluding ortho intramolecular Hbond substituents is 1. The summed E-state index contributed by atoms with van der Waals surface area (Å²) in [5, 5.41) is 9.36. The number of nitrogens with zero attached hydrogens (tertiary/aromatic N) is 1. The predicted molar refractivity (Wildman–Crippen MR) is 56.6 cm³/mol. The summed E-state index contributed by atoms with van der Waals surface area (Å²) in [5.41, 5.74) is 0.565. The molecule has 2 aromatic rings. The van der Waals surface area contributed by atoms with Gasteiger partial charge in [0.25, 0.3) is 0 Å². The highest BCUT2D eigenvalue weighted by Gasteiger charge is 2.18. The van der Waals surface area contributed by atoms with Gasteiger partial charge in [0, 0.05) is 0 Å². The van der Waals surface area contributed by atoms with Gasteiger partial charge >= 0.3 is 11.9 Å². The molecule has 84 valence electrons. The molecule has 0 fully saturated rings. The molecule has 0 saturated heterocycles. The Labute approximate surface area is 95.6 Å². The largest absolute Gasteiger partial charge is 0.506 e. The van der Waals surface area contributed by atoms with Crippen molar-refractivity contribution in [1.82, 2.24) is 4.98 Å². The summed E-state index contributed by atoms with van der Waals surface area (Å²) in [4.78, 5) is 15.2. The van der Waals surface area contributed by atoms with E-state index in [-0.39, 0.29) is 28.9 Å². The highest BCUT2D eigenvalue weighted by molar-refractivity contribution is 6.36. The predicted octanol–water partition coefficient (Wildman–Crippen LogP) is 2.36. The van der Waals surface area contributed by atoms with E-state index in [9.17, 15) is 9.90 Å². The van der Waals surface area contributed by atoms with E-state index in [1.807, 2.05) is 0 Å². The number of carbonyl (C=O) groups is 1. The topological polar surface area (TPSA) is 72.6 Å². The van der Waals surface area contributed by atoms with Crippen molar-refractivity contribution in [2.45, 2.75) is 6.92 Å². The number of hydrogen-bond donors (Lipinski definition) is 1. The van der Waals surface area contributed by atoms with Gasteiger partial charge < -0.3 is 14.3 Å². The van der Waals surface area contributed by atoms with Gasteiger partial charge in [-0.05, 0) is 19.1 Å². The number of fused-ring (bicyclic) bond motifs is 1. The molecule has 0 bridgehead atoms. The minimum absolute atomic E-state index is 0.0283. The molecule has 1 aromatic carbocycles. The molecule has 0 radical (unpaired) electrons. The van der Waals surface area contributed by atoms with Crippen molar-refractivity contribution in [1.29, 1.82) is 0 Å². The Kier molecular flexibility index (Phi) is 2.70. The van der Waals surface area contributed by atoms with Gasteiger partial charge in [-0.25, -0.2) is 9.78 Å². The van der Waals surface area contributed by atoms with Crippen LogP contribution < -0.4 is 0 Å². The fraction of sp³-hybridized carbons (Fsp3) is 0.200. The van der Waals surface area contributed by atoms with Crippen molar-refractivity contribution in [3.63, 3.8) is 0 Å². The zero-order valence-corrected chi connectivity index (χ0v) is 9.11. The van der Waals surface area contributed by atoms with Crippen molar-refractivity contribution in [3.05, 3.63) is 23.0 Å². The van der Waals surface area contributed by atoms with E-state index >= 15 is 0 Å². The van der Waals surface area contributed by atoms with Crippen LogP contribution in [-0.2, 0) is 4.74 Å². The van der Waals surface area contributed by atoms with Crippen LogP contribution in [0.1, 0.15) is 17.6 Å². The number of aromatic nitrogens is 1. The molecule has 0 aliphatic carbocycles. The van der Waals surface area contributed by atoms with Gasteiger partial charge in [-0.3, -0.25) is 0 Å². The molecule has 1 aromatic heterocycles. The van der Waals surface area contributed by atoms with Crippen molar-refractivity contribution in [3.8, 4) is 5.75 Å². The second-order valence-corrected chi connectivity index (χ2v) is 3.36. The molecule has 2 rings (SSSR count). The first-order valence-corrected chi connectivity index (χ1v) is 4.96. The SMILES string of the molecule is CCOC(=O)c1nc2ccc(O)c(Cl)c2o1. The summed E-state index contributed by atoms with van der Waals surface area (Å²) >= 11 is 5.79. The lowest BCUT2D eigenvalue weighted by Crippen LogP contribution is -2.04. The molecule has 0 aliphatic rings. The van der Waals surface area contributed by atoms with Crippen LogP contribution in [-0.4, -0.2) is 22.7 Å². The number of carbonyl (C=O) groups excluding carboxylic acids is 1. The molecule has 0 unspecified atom stereocenters. The first kappa shape index (κ1) is 10.8. The second-order valence-electron chi connectivity index (χ2n) is 2.99. The van der Waals surface area contributed by atoms with Gasteiger partial charge in [-0.15, -0.1) is 0 Å². The molecule has 0 atom stereocenters. The Balaban J connectivity index is 2.52. The number of phenols is 1. The lowest BCUT2D eigenvalue weighted by Gasteiger charge is -1.95. The number of halogens is 1. The minimum atomic E-state index is -0.658. The third-order valence-corrected chi connectivity index (χ3v) is 2.29. The lowest BCUT2D eigenvalue weighted by molar-refractivity contribution is 0.0483.